The first-order chi connectivity index (χ1) is 9.10. The van der Waals surface area contributed by atoms with Gasteiger partial charge in [-0.05, 0) is 0 Å². The molecule has 1 N–H and O–H groups in total. The first kappa shape index (κ1) is 13.3. The maximum Gasteiger partial charge on any atom is 0.317 e. The van der Waals surface area contributed by atoms with Crippen molar-refractivity contribution < 1.29 is 9.90 Å². The van der Waals surface area contributed by atoms with Crippen molar-refractivity contribution in [2.75, 3.05) is 13.1 Å². The third kappa shape index (κ3) is 3.19. The zero-order valence-corrected chi connectivity index (χ0v) is 10.8. The van der Waals surface area contributed by atoms with Crippen molar-refractivity contribution in [2.45, 2.75) is 6.54 Å². The van der Waals surface area contributed by atoms with Crippen LogP contribution in [-0.4, -0.2) is 38.4 Å². The van der Waals surface area contributed by atoms with Crippen molar-refractivity contribution in [3.8, 4) is 12.3 Å². The molecule has 0 spiro atoms. The van der Waals surface area contributed by atoms with Crippen LogP contribution in [0, 0.1) is 12.3 Å². The van der Waals surface area contributed by atoms with Gasteiger partial charge in [-0.1, -0.05) is 5.92 Å². The van der Waals surface area contributed by atoms with Crippen LogP contribution in [0.4, 0.5) is 0 Å². The molecule has 98 valence electrons. The molecule has 2 aromatic heterocycles. The first-order valence-corrected chi connectivity index (χ1v) is 6.31. The summed E-state index contributed by atoms with van der Waals surface area (Å²) in [5.41, 5.74) is 0.334. The zero-order valence-electron chi connectivity index (χ0n) is 9.94. The average molecular weight is 277 g/mol. The van der Waals surface area contributed by atoms with Gasteiger partial charge >= 0.3 is 5.97 Å². The van der Waals surface area contributed by atoms with Crippen molar-refractivity contribution >= 4 is 22.3 Å². The Morgan fingerprint density at radius 1 is 1.63 bits per heavy atom. The highest BCUT2D eigenvalue weighted by atomic mass is 32.1. The predicted molar refractivity (Wildman–Crippen MR) is 71.1 cm³/mol. The summed E-state index contributed by atoms with van der Waals surface area (Å²) >= 11 is 1.35. The van der Waals surface area contributed by atoms with Crippen molar-refractivity contribution in [3.63, 3.8) is 0 Å². The highest BCUT2D eigenvalue weighted by molar-refractivity contribution is 7.15. The molecule has 19 heavy (non-hydrogen) atoms. The van der Waals surface area contributed by atoms with Crippen LogP contribution in [0.5, 0.6) is 0 Å². The van der Waals surface area contributed by atoms with E-state index in [0.717, 1.165) is 0 Å². The molecule has 0 aliphatic rings. The molecule has 0 aromatic carbocycles. The molecular formula is C12H11N3O3S. The maximum absolute atomic E-state index is 11.8. The molecular weight excluding hydrogens is 266 g/mol. The van der Waals surface area contributed by atoms with Gasteiger partial charge in [-0.25, -0.2) is 4.98 Å². The minimum Gasteiger partial charge on any atom is -0.480 e. The van der Waals surface area contributed by atoms with Gasteiger partial charge in [0.05, 0.1) is 18.8 Å². The lowest BCUT2D eigenvalue weighted by Gasteiger charge is -2.16. The molecule has 2 aromatic rings. The molecule has 0 amide bonds. The number of hydrogen-bond acceptors (Lipinski definition) is 5. The number of hydrogen-bond donors (Lipinski definition) is 1. The Balaban J connectivity index is 2.25. The van der Waals surface area contributed by atoms with Gasteiger partial charge in [0.1, 0.15) is 0 Å². The minimum atomic E-state index is -0.968. The molecule has 2 heterocycles. The van der Waals surface area contributed by atoms with Gasteiger partial charge in [-0.15, -0.1) is 17.8 Å². The van der Waals surface area contributed by atoms with E-state index in [0.29, 0.717) is 10.7 Å². The quantitative estimate of drug-likeness (QED) is 0.794. The molecule has 0 aliphatic carbocycles. The topological polar surface area (TPSA) is 74.9 Å². The summed E-state index contributed by atoms with van der Waals surface area (Å²) in [4.78, 5) is 28.9. The lowest BCUT2D eigenvalue weighted by Crippen LogP contribution is -2.30. The van der Waals surface area contributed by atoms with E-state index < -0.39 is 5.97 Å². The highest BCUT2D eigenvalue weighted by Gasteiger charge is 2.11. The fourth-order valence-corrected chi connectivity index (χ4v) is 2.42. The van der Waals surface area contributed by atoms with E-state index in [4.69, 9.17) is 11.5 Å². The van der Waals surface area contributed by atoms with Gasteiger partial charge in [-0.2, -0.15) is 0 Å². The Morgan fingerprint density at radius 2 is 2.42 bits per heavy atom. The number of aromatic nitrogens is 2. The molecule has 6 nitrogen and oxygen atoms in total. The molecule has 0 atom stereocenters. The van der Waals surface area contributed by atoms with Gasteiger partial charge in [0.15, 0.2) is 4.96 Å². The molecule has 0 unspecified atom stereocenters. The highest BCUT2D eigenvalue weighted by Crippen LogP contribution is 2.08. The van der Waals surface area contributed by atoms with Gasteiger partial charge < -0.3 is 5.11 Å². The maximum atomic E-state index is 11.8. The SMILES string of the molecule is C#CCN(CC(=O)O)Cc1cc(=O)n2ccsc2n1. The van der Waals surface area contributed by atoms with Gasteiger partial charge in [-0.3, -0.25) is 18.9 Å². The summed E-state index contributed by atoms with van der Waals surface area (Å²) in [6.45, 7) is 0.244. The van der Waals surface area contributed by atoms with Crippen LogP contribution in [0.1, 0.15) is 5.69 Å². The van der Waals surface area contributed by atoms with E-state index in [9.17, 15) is 9.59 Å². The summed E-state index contributed by atoms with van der Waals surface area (Å²) in [6, 6.07) is 1.39. The number of thiazole rings is 1. The summed E-state index contributed by atoms with van der Waals surface area (Å²) < 4.78 is 1.44. The molecule has 0 fully saturated rings. The lowest BCUT2D eigenvalue weighted by molar-refractivity contribution is -0.138. The molecule has 0 saturated heterocycles. The van der Waals surface area contributed by atoms with Crippen molar-refractivity contribution in [2.24, 2.45) is 0 Å². The Labute approximate surface area is 112 Å². The van der Waals surface area contributed by atoms with Gasteiger partial charge in [0, 0.05) is 24.2 Å². The Bertz CT molecular complexity index is 698. The summed E-state index contributed by atoms with van der Waals surface area (Å²) in [5.74, 6) is 1.43. The summed E-state index contributed by atoms with van der Waals surface area (Å²) in [7, 11) is 0. The Kier molecular flexibility index (Phi) is 3.94. The second kappa shape index (κ2) is 5.65. The first-order valence-electron chi connectivity index (χ1n) is 5.43. The van der Waals surface area contributed by atoms with E-state index >= 15 is 0 Å². The van der Waals surface area contributed by atoms with Crippen LogP contribution in [-0.2, 0) is 11.3 Å². The van der Waals surface area contributed by atoms with E-state index in [1.807, 2.05) is 0 Å². The standard InChI is InChI=1S/C12H11N3O3S/c1-2-3-14(8-11(17)18)7-9-6-10(16)15-4-5-19-12(15)13-9/h1,4-6H,3,7-8H2,(H,17,18). The van der Waals surface area contributed by atoms with Crippen LogP contribution < -0.4 is 5.56 Å². The molecule has 0 bridgehead atoms. The number of carbonyl (C=O) groups is 1. The Morgan fingerprint density at radius 3 is 3.11 bits per heavy atom. The monoisotopic (exact) mass is 277 g/mol. The van der Waals surface area contributed by atoms with Crippen LogP contribution in [0.2, 0.25) is 0 Å². The molecule has 7 heteroatoms. The largest absolute Gasteiger partial charge is 0.480 e. The van der Waals surface area contributed by atoms with Crippen molar-refractivity contribution in [1.29, 1.82) is 0 Å². The van der Waals surface area contributed by atoms with E-state index in [-0.39, 0.29) is 25.2 Å². The number of carboxylic acid groups (broad SMARTS) is 1. The molecule has 0 aliphatic heterocycles. The van der Waals surface area contributed by atoms with Crippen LogP contribution in [0.25, 0.3) is 4.96 Å². The van der Waals surface area contributed by atoms with E-state index in [2.05, 4.69) is 10.9 Å². The number of aliphatic carboxylic acids is 1. The lowest BCUT2D eigenvalue weighted by atomic mass is 10.3. The predicted octanol–water partition coefficient (Wildman–Crippen LogP) is 0.276. The summed E-state index contributed by atoms with van der Waals surface area (Å²) in [5, 5.41) is 10.6. The fourth-order valence-electron chi connectivity index (χ4n) is 1.69. The molecule has 2 rings (SSSR count). The van der Waals surface area contributed by atoms with Gasteiger partial charge in [0.2, 0.25) is 0 Å². The van der Waals surface area contributed by atoms with Gasteiger partial charge in [0.25, 0.3) is 5.56 Å². The number of terminal acetylenes is 1. The van der Waals surface area contributed by atoms with Crippen LogP contribution >= 0.6 is 11.3 Å². The van der Waals surface area contributed by atoms with E-state index in [1.54, 1.807) is 11.6 Å². The number of nitrogens with zero attached hydrogens (tertiary/aromatic N) is 3. The molecule has 0 saturated carbocycles. The summed E-state index contributed by atoms with van der Waals surface area (Å²) in [6.07, 6.45) is 6.84. The van der Waals surface area contributed by atoms with E-state index in [1.165, 1.54) is 26.7 Å². The minimum absolute atomic E-state index is 0.183. The fraction of sp³-hybridized carbons (Fsp3) is 0.250. The second-order valence-corrected chi connectivity index (χ2v) is 4.76. The average Bonchev–Trinajstić information content (AvgIpc) is 2.77. The van der Waals surface area contributed by atoms with Crippen LogP contribution in [0.3, 0.4) is 0 Å². The van der Waals surface area contributed by atoms with Crippen molar-refractivity contribution in [3.05, 3.63) is 33.7 Å². The van der Waals surface area contributed by atoms with Crippen LogP contribution in [0.15, 0.2) is 22.4 Å². The number of rotatable bonds is 5. The Hall–Kier alpha value is -2.17. The number of fused-ring (bicyclic) bond motifs is 1. The zero-order chi connectivity index (χ0) is 13.8. The van der Waals surface area contributed by atoms with Crippen molar-refractivity contribution in [1.82, 2.24) is 14.3 Å². The second-order valence-electron chi connectivity index (χ2n) is 3.88. The molecule has 0 radical (unpaired) electrons. The third-order valence-electron chi connectivity index (χ3n) is 2.42. The number of carboxylic acids is 1. The third-order valence-corrected chi connectivity index (χ3v) is 3.17. The smallest absolute Gasteiger partial charge is 0.317 e. The normalized spacial score (nSPS) is 10.7.